The number of thiocarbonyl (C=S) groups is 1. The summed E-state index contributed by atoms with van der Waals surface area (Å²) in [6.45, 7) is 0. The van der Waals surface area contributed by atoms with Crippen LogP contribution in [0.2, 0.25) is 0 Å². The van der Waals surface area contributed by atoms with Crippen molar-refractivity contribution >= 4 is 55.7 Å². The molecule has 0 saturated carbocycles. The number of anilines is 2. The third kappa shape index (κ3) is 3.03. The van der Waals surface area contributed by atoms with E-state index in [4.69, 9.17) is 16.7 Å². The molecule has 7 heteroatoms. The SMILES string of the molecule is Fc1ccccc1NC(=S)Nc1noc2ccc(Br)cc12. The van der Waals surface area contributed by atoms with Gasteiger partial charge < -0.3 is 15.2 Å². The van der Waals surface area contributed by atoms with E-state index in [2.05, 4.69) is 31.7 Å². The lowest BCUT2D eigenvalue weighted by Crippen LogP contribution is -2.20. The largest absolute Gasteiger partial charge is 0.354 e. The Morgan fingerprint density at radius 2 is 2.00 bits per heavy atom. The van der Waals surface area contributed by atoms with Gasteiger partial charge in [-0.25, -0.2) is 4.39 Å². The summed E-state index contributed by atoms with van der Waals surface area (Å²) in [6.07, 6.45) is 0. The number of hydrogen-bond donors (Lipinski definition) is 2. The van der Waals surface area contributed by atoms with Crippen molar-refractivity contribution in [3.63, 3.8) is 0 Å². The average molecular weight is 366 g/mol. The molecule has 4 nitrogen and oxygen atoms in total. The molecule has 3 aromatic rings. The van der Waals surface area contributed by atoms with Crippen molar-refractivity contribution in [3.05, 3.63) is 52.8 Å². The number of nitrogens with one attached hydrogen (secondary N) is 2. The predicted molar refractivity (Wildman–Crippen MR) is 88.0 cm³/mol. The first kappa shape index (κ1) is 14.0. The fourth-order valence-electron chi connectivity index (χ4n) is 1.82. The van der Waals surface area contributed by atoms with E-state index < -0.39 is 0 Å². The van der Waals surface area contributed by atoms with E-state index in [-0.39, 0.29) is 10.9 Å². The van der Waals surface area contributed by atoms with Crippen molar-refractivity contribution in [3.8, 4) is 0 Å². The Morgan fingerprint density at radius 1 is 1.19 bits per heavy atom. The first-order chi connectivity index (χ1) is 10.1. The van der Waals surface area contributed by atoms with Crippen molar-refractivity contribution in [1.82, 2.24) is 5.16 Å². The van der Waals surface area contributed by atoms with Crippen molar-refractivity contribution in [2.24, 2.45) is 0 Å². The monoisotopic (exact) mass is 365 g/mol. The zero-order chi connectivity index (χ0) is 14.8. The summed E-state index contributed by atoms with van der Waals surface area (Å²) in [6, 6.07) is 11.8. The molecule has 0 saturated heterocycles. The Bertz CT molecular complexity index is 821. The van der Waals surface area contributed by atoms with Crippen LogP contribution in [0.15, 0.2) is 51.5 Å². The highest BCUT2D eigenvalue weighted by atomic mass is 79.9. The number of nitrogens with zero attached hydrogens (tertiary/aromatic N) is 1. The van der Waals surface area contributed by atoms with Gasteiger partial charge in [0.25, 0.3) is 0 Å². The first-order valence-corrected chi connectivity index (χ1v) is 7.21. The molecule has 0 radical (unpaired) electrons. The summed E-state index contributed by atoms with van der Waals surface area (Å²) in [5.41, 5.74) is 0.929. The standard InChI is InChI=1S/C14H9BrFN3OS/c15-8-5-6-12-9(7-8)13(19-20-12)18-14(21)17-11-4-2-1-3-10(11)16/h1-7H,(H2,17,18,19,21). The second kappa shape index (κ2) is 5.79. The Labute approximate surface area is 133 Å². The maximum absolute atomic E-state index is 13.5. The van der Waals surface area contributed by atoms with Gasteiger partial charge in [-0.15, -0.1) is 0 Å². The number of para-hydroxylation sites is 1. The van der Waals surface area contributed by atoms with Gasteiger partial charge >= 0.3 is 0 Å². The van der Waals surface area contributed by atoms with Crippen LogP contribution in [0.1, 0.15) is 0 Å². The minimum atomic E-state index is -0.380. The van der Waals surface area contributed by atoms with Gasteiger partial charge in [0.05, 0.1) is 11.1 Å². The summed E-state index contributed by atoms with van der Waals surface area (Å²) in [5.74, 6) is 0.0922. The van der Waals surface area contributed by atoms with Crippen LogP contribution in [-0.2, 0) is 0 Å². The van der Waals surface area contributed by atoms with Crippen LogP contribution < -0.4 is 10.6 Å². The third-order valence-electron chi connectivity index (χ3n) is 2.79. The number of rotatable bonds is 2. The van der Waals surface area contributed by atoms with Crippen LogP contribution in [0.4, 0.5) is 15.9 Å². The van der Waals surface area contributed by atoms with E-state index in [0.717, 1.165) is 9.86 Å². The summed E-state index contributed by atoms with van der Waals surface area (Å²) in [7, 11) is 0. The molecule has 0 bridgehead atoms. The average Bonchev–Trinajstić information content (AvgIpc) is 2.84. The van der Waals surface area contributed by atoms with Gasteiger partial charge in [0.15, 0.2) is 16.5 Å². The zero-order valence-corrected chi connectivity index (χ0v) is 13.0. The molecule has 0 fully saturated rings. The van der Waals surface area contributed by atoms with E-state index in [9.17, 15) is 4.39 Å². The van der Waals surface area contributed by atoms with Gasteiger partial charge in [-0.3, -0.25) is 0 Å². The highest BCUT2D eigenvalue weighted by molar-refractivity contribution is 9.10. The van der Waals surface area contributed by atoms with E-state index in [0.29, 0.717) is 17.1 Å². The van der Waals surface area contributed by atoms with Crippen LogP contribution >= 0.6 is 28.1 Å². The number of hydrogen-bond acceptors (Lipinski definition) is 3. The lowest BCUT2D eigenvalue weighted by Gasteiger charge is -2.09. The van der Waals surface area contributed by atoms with Crippen LogP contribution in [0.25, 0.3) is 11.0 Å². The summed E-state index contributed by atoms with van der Waals surface area (Å²) < 4.78 is 19.6. The molecule has 0 spiro atoms. The number of halogens is 2. The van der Waals surface area contributed by atoms with E-state index in [1.807, 2.05) is 12.1 Å². The molecule has 0 aliphatic rings. The van der Waals surface area contributed by atoms with Crippen LogP contribution in [0, 0.1) is 5.82 Å². The Morgan fingerprint density at radius 3 is 2.81 bits per heavy atom. The minimum absolute atomic E-state index is 0.232. The molecule has 0 aliphatic heterocycles. The first-order valence-electron chi connectivity index (χ1n) is 6.01. The Balaban J connectivity index is 1.80. The van der Waals surface area contributed by atoms with E-state index in [1.165, 1.54) is 6.07 Å². The number of benzene rings is 2. The van der Waals surface area contributed by atoms with Crippen LogP contribution in [-0.4, -0.2) is 10.3 Å². The van der Waals surface area contributed by atoms with Crippen LogP contribution in [0.3, 0.4) is 0 Å². The quantitative estimate of drug-likeness (QED) is 0.653. The molecule has 3 rings (SSSR count). The van der Waals surface area contributed by atoms with Crippen molar-refractivity contribution in [2.75, 3.05) is 10.6 Å². The summed E-state index contributed by atoms with van der Waals surface area (Å²) in [5, 5.41) is 10.6. The van der Waals surface area contributed by atoms with Gasteiger partial charge in [0.1, 0.15) is 5.82 Å². The zero-order valence-electron chi connectivity index (χ0n) is 10.6. The molecule has 0 amide bonds. The molecule has 1 aromatic heterocycles. The summed E-state index contributed by atoms with van der Waals surface area (Å²) >= 11 is 8.54. The third-order valence-corrected chi connectivity index (χ3v) is 3.48. The molecule has 2 N–H and O–H groups in total. The molecular weight excluding hydrogens is 357 g/mol. The van der Waals surface area contributed by atoms with Gasteiger partial charge in [-0.2, -0.15) is 0 Å². The normalized spacial score (nSPS) is 10.6. The molecule has 1 heterocycles. The predicted octanol–water partition coefficient (Wildman–Crippen LogP) is 4.54. The smallest absolute Gasteiger partial charge is 0.183 e. The van der Waals surface area contributed by atoms with Gasteiger partial charge in [-0.1, -0.05) is 33.2 Å². The van der Waals surface area contributed by atoms with E-state index >= 15 is 0 Å². The topological polar surface area (TPSA) is 50.1 Å². The maximum atomic E-state index is 13.5. The minimum Gasteiger partial charge on any atom is -0.354 e. The van der Waals surface area contributed by atoms with Crippen molar-refractivity contribution < 1.29 is 8.91 Å². The van der Waals surface area contributed by atoms with Crippen LogP contribution in [0.5, 0.6) is 0 Å². The molecule has 106 valence electrons. The number of fused-ring (bicyclic) bond motifs is 1. The molecular formula is C14H9BrFN3OS. The Kier molecular flexibility index (Phi) is 3.85. The molecule has 0 atom stereocenters. The molecule has 0 unspecified atom stereocenters. The second-order valence-electron chi connectivity index (χ2n) is 4.23. The van der Waals surface area contributed by atoms with Crippen molar-refractivity contribution in [2.45, 2.75) is 0 Å². The highest BCUT2D eigenvalue weighted by Crippen LogP contribution is 2.26. The fraction of sp³-hybridized carbons (Fsp3) is 0. The van der Waals surface area contributed by atoms with Gasteiger partial charge in [0, 0.05) is 4.47 Å². The molecule has 2 aromatic carbocycles. The van der Waals surface area contributed by atoms with Gasteiger partial charge in [0.2, 0.25) is 0 Å². The van der Waals surface area contributed by atoms with Crippen molar-refractivity contribution in [1.29, 1.82) is 0 Å². The fourth-order valence-corrected chi connectivity index (χ4v) is 2.39. The molecule has 21 heavy (non-hydrogen) atoms. The Hall–Kier alpha value is -1.99. The maximum Gasteiger partial charge on any atom is 0.183 e. The van der Waals surface area contributed by atoms with Gasteiger partial charge in [-0.05, 0) is 42.5 Å². The number of aromatic nitrogens is 1. The second-order valence-corrected chi connectivity index (χ2v) is 5.55. The highest BCUT2D eigenvalue weighted by Gasteiger charge is 2.10. The lowest BCUT2D eigenvalue weighted by atomic mass is 10.2. The molecule has 0 aliphatic carbocycles. The lowest BCUT2D eigenvalue weighted by molar-refractivity contribution is 0.460. The summed E-state index contributed by atoms with van der Waals surface area (Å²) in [4.78, 5) is 0. The van der Waals surface area contributed by atoms with E-state index in [1.54, 1.807) is 24.3 Å².